The number of benzene rings is 2. The van der Waals surface area contributed by atoms with Crippen LogP contribution < -0.4 is 5.32 Å². The summed E-state index contributed by atoms with van der Waals surface area (Å²) in [6.45, 7) is 7.62. The number of nitrogens with one attached hydrogen (secondary N) is 2. The van der Waals surface area contributed by atoms with Gasteiger partial charge < -0.3 is 15.0 Å². The molecule has 0 radical (unpaired) electrons. The van der Waals surface area contributed by atoms with E-state index in [-0.39, 0.29) is 23.6 Å². The van der Waals surface area contributed by atoms with Crippen LogP contribution in [0.1, 0.15) is 49.7 Å². The second-order valence-corrected chi connectivity index (χ2v) is 9.70. The summed E-state index contributed by atoms with van der Waals surface area (Å²) in [6.07, 6.45) is 1.69. The number of H-pyrrole nitrogens is 1. The van der Waals surface area contributed by atoms with Crippen LogP contribution in [0, 0.1) is 0 Å². The van der Waals surface area contributed by atoms with Crippen molar-refractivity contribution >= 4 is 17.6 Å². The predicted octanol–water partition coefficient (Wildman–Crippen LogP) is 4.63. The Morgan fingerprint density at radius 2 is 1.74 bits per heavy atom. The molecule has 0 saturated carbocycles. The van der Waals surface area contributed by atoms with Crippen LogP contribution in [-0.2, 0) is 14.9 Å². The Balaban J connectivity index is 1.25. The summed E-state index contributed by atoms with van der Waals surface area (Å²) in [4.78, 5) is 26.8. The Labute approximate surface area is 200 Å². The molecule has 1 aliphatic heterocycles. The predicted molar refractivity (Wildman–Crippen MR) is 133 cm³/mol. The van der Waals surface area contributed by atoms with Crippen molar-refractivity contribution in [1.29, 1.82) is 0 Å². The number of ether oxygens (including phenoxy) is 1. The molecule has 4 rings (SSSR count). The number of hydrogen-bond donors (Lipinski definition) is 2. The molecular formula is C27H32N4O3. The summed E-state index contributed by atoms with van der Waals surface area (Å²) in [5, 5.41) is 10.5. The number of likely N-dealkylation sites (tertiary alicyclic amines) is 1. The molecule has 1 saturated heterocycles. The van der Waals surface area contributed by atoms with Crippen molar-refractivity contribution in [2.45, 2.75) is 45.1 Å². The molecule has 7 heteroatoms. The zero-order chi connectivity index (χ0) is 24.1. The fourth-order valence-electron chi connectivity index (χ4n) is 4.24. The van der Waals surface area contributed by atoms with Gasteiger partial charge in [-0.1, -0.05) is 69.3 Å². The molecule has 0 unspecified atom stereocenters. The van der Waals surface area contributed by atoms with Crippen molar-refractivity contribution in [3.8, 4) is 11.3 Å². The third-order valence-corrected chi connectivity index (χ3v) is 6.14. The van der Waals surface area contributed by atoms with E-state index < -0.39 is 5.97 Å². The molecule has 2 heterocycles. The number of hydrogen-bond acceptors (Lipinski definition) is 5. The molecule has 2 aromatic carbocycles. The minimum Gasteiger partial charge on any atom is -0.451 e. The van der Waals surface area contributed by atoms with Gasteiger partial charge in [-0.25, -0.2) is 4.79 Å². The molecule has 34 heavy (non-hydrogen) atoms. The molecular weight excluding hydrogens is 428 g/mol. The number of esters is 1. The summed E-state index contributed by atoms with van der Waals surface area (Å²) >= 11 is 0. The highest BCUT2D eigenvalue weighted by atomic mass is 16.5. The number of piperidine rings is 1. The van der Waals surface area contributed by atoms with Crippen LogP contribution in [0.2, 0.25) is 0 Å². The number of aromatic nitrogens is 2. The number of carbonyl (C=O) groups excluding carboxylic acids is 2. The molecule has 178 valence electrons. The molecule has 0 atom stereocenters. The van der Waals surface area contributed by atoms with E-state index in [0.29, 0.717) is 24.8 Å². The third kappa shape index (κ3) is 5.65. The zero-order valence-electron chi connectivity index (χ0n) is 20.0. The highest BCUT2D eigenvalue weighted by Gasteiger charge is 2.25. The first-order valence-electron chi connectivity index (χ1n) is 11.7. The minimum absolute atomic E-state index is 0.0562. The maximum absolute atomic E-state index is 12.6. The SMILES string of the molecule is CC(C)(C)c1ccccc1NC1CCN(C(=O)COC(=O)c2cc(-c3ccccc3)n[nH]2)CC1. The van der Waals surface area contributed by atoms with Crippen LogP contribution in [0.4, 0.5) is 5.69 Å². The molecule has 7 nitrogen and oxygen atoms in total. The summed E-state index contributed by atoms with van der Waals surface area (Å²) in [5.41, 5.74) is 4.28. The first kappa shape index (κ1) is 23.5. The summed E-state index contributed by atoms with van der Waals surface area (Å²) < 4.78 is 5.25. The van der Waals surface area contributed by atoms with Crippen molar-refractivity contribution in [3.63, 3.8) is 0 Å². The van der Waals surface area contributed by atoms with Gasteiger partial charge in [0.15, 0.2) is 6.61 Å². The van der Waals surface area contributed by atoms with E-state index in [0.717, 1.165) is 24.1 Å². The van der Waals surface area contributed by atoms with Gasteiger partial charge in [0.05, 0.1) is 5.69 Å². The molecule has 1 amide bonds. The number of para-hydroxylation sites is 1. The van der Waals surface area contributed by atoms with E-state index in [4.69, 9.17) is 4.74 Å². The molecule has 0 aliphatic carbocycles. The Morgan fingerprint density at radius 1 is 1.06 bits per heavy atom. The lowest BCUT2D eigenvalue weighted by Gasteiger charge is -2.34. The molecule has 0 bridgehead atoms. The smallest absolute Gasteiger partial charge is 0.356 e. The minimum atomic E-state index is -0.585. The van der Waals surface area contributed by atoms with Crippen molar-refractivity contribution in [2.24, 2.45) is 0 Å². The van der Waals surface area contributed by atoms with Gasteiger partial charge in [-0.05, 0) is 36.0 Å². The Hall–Kier alpha value is -3.61. The van der Waals surface area contributed by atoms with E-state index in [1.807, 2.05) is 36.4 Å². The number of nitrogens with zero attached hydrogens (tertiary/aromatic N) is 2. The van der Waals surface area contributed by atoms with Gasteiger partial charge in [0, 0.05) is 30.4 Å². The average molecular weight is 461 g/mol. The topological polar surface area (TPSA) is 87.3 Å². The van der Waals surface area contributed by atoms with Crippen molar-refractivity contribution in [3.05, 3.63) is 71.9 Å². The van der Waals surface area contributed by atoms with E-state index in [1.54, 1.807) is 11.0 Å². The van der Waals surface area contributed by atoms with Crippen molar-refractivity contribution < 1.29 is 14.3 Å². The average Bonchev–Trinajstić information content (AvgIpc) is 3.34. The highest BCUT2D eigenvalue weighted by molar-refractivity contribution is 5.90. The van der Waals surface area contributed by atoms with E-state index in [9.17, 15) is 9.59 Å². The Morgan fingerprint density at radius 3 is 2.44 bits per heavy atom. The van der Waals surface area contributed by atoms with Gasteiger partial charge in [0.1, 0.15) is 5.69 Å². The highest BCUT2D eigenvalue weighted by Crippen LogP contribution is 2.30. The van der Waals surface area contributed by atoms with Crippen LogP contribution in [0.25, 0.3) is 11.3 Å². The van der Waals surface area contributed by atoms with Crippen LogP contribution in [0.15, 0.2) is 60.7 Å². The quantitative estimate of drug-likeness (QED) is 0.524. The second kappa shape index (κ2) is 10.1. The van der Waals surface area contributed by atoms with Crippen LogP contribution in [0.3, 0.4) is 0 Å². The van der Waals surface area contributed by atoms with E-state index >= 15 is 0 Å². The largest absolute Gasteiger partial charge is 0.451 e. The van der Waals surface area contributed by atoms with Gasteiger partial charge >= 0.3 is 5.97 Å². The van der Waals surface area contributed by atoms with Gasteiger partial charge in [0.25, 0.3) is 5.91 Å². The van der Waals surface area contributed by atoms with Gasteiger partial charge in [0.2, 0.25) is 0 Å². The number of anilines is 1. The lowest BCUT2D eigenvalue weighted by atomic mass is 9.85. The maximum atomic E-state index is 12.6. The Bertz CT molecular complexity index is 1130. The van der Waals surface area contributed by atoms with Crippen molar-refractivity contribution in [2.75, 3.05) is 25.0 Å². The lowest BCUT2D eigenvalue weighted by molar-refractivity contribution is -0.135. The van der Waals surface area contributed by atoms with Crippen LogP contribution in [0.5, 0.6) is 0 Å². The van der Waals surface area contributed by atoms with Crippen molar-refractivity contribution in [1.82, 2.24) is 15.1 Å². The molecule has 1 fully saturated rings. The standard InChI is InChI=1S/C27H32N4O3/c1-27(2,3)21-11-7-8-12-22(21)28-20-13-15-31(16-14-20)25(32)18-34-26(33)24-17-23(29-30-24)19-9-5-4-6-10-19/h4-12,17,20,28H,13-16,18H2,1-3H3,(H,29,30). The molecule has 0 spiro atoms. The summed E-state index contributed by atoms with van der Waals surface area (Å²) in [7, 11) is 0. The number of rotatable bonds is 6. The first-order chi connectivity index (χ1) is 16.3. The molecule has 3 aromatic rings. The molecule has 2 N–H and O–H groups in total. The van der Waals surface area contributed by atoms with Gasteiger partial charge in [-0.3, -0.25) is 9.89 Å². The number of aromatic amines is 1. The molecule has 1 aliphatic rings. The van der Waals surface area contributed by atoms with E-state index in [1.165, 1.54) is 5.56 Å². The second-order valence-electron chi connectivity index (χ2n) is 9.70. The zero-order valence-corrected chi connectivity index (χ0v) is 20.0. The summed E-state index contributed by atoms with van der Waals surface area (Å²) in [6, 6.07) is 19.9. The number of carbonyl (C=O) groups is 2. The van der Waals surface area contributed by atoms with Crippen LogP contribution in [-0.4, -0.2) is 52.7 Å². The Kier molecular flexibility index (Phi) is 7.01. The normalized spacial score (nSPS) is 14.6. The van der Waals surface area contributed by atoms with E-state index in [2.05, 4.69) is 54.5 Å². The fourth-order valence-corrected chi connectivity index (χ4v) is 4.24. The fraction of sp³-hybridized carbons (Fsp3) is 0.370. The monoisotopic (exact) mass is 460 g/mol. The number of amides is 1. The van der Waals surface area contributed by atoms with Gasteiger partial charge in [-0.2, -0.15) is 5.10 Å². The summed E-state index contributed by atoms with van der Waals surface area (Å²) in [5.74, 6) is -0.761. The van der Waals surface area contributed by atoms with Gasteiger partial charge in [-0.15, -0.1) is 0 Å². The lowest BCUT2D eigenvalue weighted by Crippen LogP contribution is -2.44. The van der Waals surface area contributed by atoms with Crippen LogP contribution >= 0.6 is 0 Å². The third-order valence-electron chi connectivity index (χ3n) is 6.14. The first-order valence-corrected chi connectivity index (χ1v) is 11.7. The maximum Gasteiger partial charge on any atom is 0.356 e. The molecule has 1 aromatic heterocycles.